The largest absolute Gasteiger partial charge is 0.491 e. The lowest BCUT2D eigenvalue weighted by Crippen LogP contribution is -2.14. The summed E-state index contributed by atoms with van der Waals surface area (Å²) >= 11 is 0. The molecule has 0 unspecified atom stereocenters. The van der Waals surface area contributed by atoms with Crippen molar-refractivity contribution in [2.24, 2.45) is 0 Å². The number of pyridine rings is 1. The van der Waals surface area contributed by atoms with Crippen molar-refractivity contribution in [3.8, 4) is 11.5 Å². The molecule has 0 aliphatic heterocycles. The number of esters is 1. The number of allylic oxidation sites excluding steroid dienone is 1. The van der Waals surface area contributed by atoms with Crippen molar-refractivity contribution < 1.29 is 23.8 Å². The zero-order chi connectivity index (χ0) is 22.2. The van der Waals surface area contributed by atoms with Crippen molar-refractivity contribution in [2.45, 2.75) is 45.6 Å². The lowest BCUT2D eigenvalue weighted by Gasteiger charge is -2.14. The van der Waals surface area contributed by atoms with E-state index < -0.39 is 5.97 Å². The highest BCUT2D eigenvalue weighted by Gasteiger charge is 2.13. The van der Waals surface area contributed by atoms with Crippen LogP contribution in [0, 0.1) is 0 Å². The molecule has 7 heteroatoms. The number of nitrogens with one attached hydrogen (secondary N) is 1. The van der Waals surface area contributed by atoms with Crippen molar-refractivity contribution >= 4 is 17.7 Å². The number of carbonyl (C=O) groups excluding carboxylic acids is 2. The van der Waals surface area contributed by atoms with E-state index in [1.807, 2.05) is 13.8 Å². The van der Waals surface area contributed by atoms with Crippen LogP contribution >= 0.6 is 0 Å². The van der Waals surface area contributed by atoms with E-state index in [9.17, 15) is 9.59 Å². The van der Waals surface area contributed by atoms with Crippen LogP contribution in [0.1, 0.15) is 60.2 Å². The summed E-state index contributed by atoms with van der Waals surface area (Å²) in [7, 11) is 1.30. The average Bonchev–Trinajstić information content (AvgIpc) is 3.26. The standard InChI is InChI=1S/C24H28N2O5/c1-16(2)31-21-13-19(12-20(14-21)30-11-10-17-6-4-5-7-17)23(27)26-22-9-8-18(15-25-22)24(28)29-3/h8-10,12-16H,4-7,11H2,1-3H3,(H,25,26,27). The molecular formula is C24H28N2O5. The maximum absolute atomic E-state index is 12.8. The third kappa shape index (κ3) is 6.57. The molecule has 3 rings (SSSR count). The van der Waals surface area contributed by atoms with Gasteiger partial charge in [-0.25, -0.2) is 9.78 Å². The Balaban J connectivity index is 1.73. The highest BCUT2D eigenvalue weighted by Crippen LogP contribution is 2.26. The number of anilines is 1. The summed E-state index contributed by atoms with van der Waals surface area (Å²) in [6.45, 7) is 4.30. The Labute approximate surface area is 182 Å². The average molecular weight is 424 g/mol. The molecule has 1 aromatic heterocycles. The number of hydrogen-bond donors (Lipinski definition) is 1. The summed E-state index contributed by atoms with van der Waals surface area (Å²) in [5.74, 6) is 0.596. The van der Waals surface area contributed by atoms with E-state index in [0.29, 0.717) is 35.1 Å². The topological polar surface area (TPSA) is 86.8 Å². The van der Waals surface area contributed by atoms with Crippen molar-refractivity contribution in [3.05, 3.63) is 59.3 Å². The molecule has 164 valence electrons. The molecule has 0 atom stereocenters. The number of ether oxygens (including phenoxy) is 3. The smallest absolute Gasteiger partial charge is 0.339 e. The fraction of sp³-hybridized carbons (Fsp3) is 0.375. The molecule has 1 aliphatic rings. The predicted molar refractivity (Wildman–Crippen MR) is 118 cm³/mol. The van der Waals surface area contributed by atoms with Crippen LogP contribution in [0.5, 0.6) is 11.5 Å². The Morgan fingerprint density at radius 1 is 1.10 bits per heavy atom. The molecule has 0 saturated heterocycles. The molecule has 2 aromatic rings. The van der Waals surface area contributed by atoms with E-state index in [1.165, 1.54) is 37.8 Å². The number of amides is 1. The van der Waals surface area contributed by atoms with E-state index in [4.69, 9.17) is 9.47 Å². The number of rotatable bonds is 8. The van der Waals surface area contributed by atoms with Crippen LogP contribution in [0.25, 0.3) is 0 Å². The summed E-state index contributed by atoms with van der Waals surface area (Å²) in [4.78, 5) is 28.4. The lowest BCUT2D eigenvalue weighted by molar-refractivity contribution is 0.0600. The molecule has 1 fully saturated rings. The maximum Gasteiger partial charge on any atom is 0.339 e. The van der Waals surface area contributed by atoms with E-state index >= 15 is 0 Å². The van der Waals surface area contributed by atoms with Gasteiger partial charge in [-0.15, -0.1) is 0 Å². The van der Waals surface area contributed by atoms with Crippen molar-refractivity contribution in [1.82, 2.24) is 4.98 Å². The van der Waals surface area contributed by atoms with E-state index in [1.54, 1.807) is 24.3 Å². The number of methoxy groups -OCH3 is 1. The van der Waals surface area contributed by atoms with Gasteiger partial charge in [0.1, 0.15) is 23.9 Å². The van der Waals surface area contributed by atoms with Crippen molar-refractivity contribution in [2.75, 3.05) is 19.0 Å². The van der Waals surface area contributed by atoms with E-state index in [2.05, 4.69) is 21.1 Å². The lowest BCUT2D eigenvalue weighted by atomic mass is 10.1. The minimum absolute atomic E-state index is 0.0423. The molecule has 1 saturated carbocycles. The predicted octanol–water partition coefficient (Wildman–Crippen LogP) is 4.79. The van der Waals surface area contributed by atoms with E-state index in [0.717, 1.165) is 12.8 Å². The molecular weight excluding hydrogens is 396 g/mol. The second-order valence-corrected chi connectivity index (χ2v) is 7.62. The van der Waals surface area contributed by atoms with Gasteiger partial charge in [0.05, 0.1) is 18.8 Å². The molecule has 31 heavy (non-hydrogen) atoms. The molecule has 7 nitrogen and oxygen atoms in total. The third-order valence-corrected chi connectivity index (χ3v) is 4.81. The summed E-state index contributed by atoms with van der Waals surface area (Å²) < 4.78 is 16.3. The zero-order valence-electron chi connectivity index (χ0n) is 18.1. The van der Waals surface area contributed by atoms with Crippen LogP contribution < -0.4 is 14.8 Å². The highest BCUT2D eigenvalue weighted by molar-refractivity contribution is 6.04. The van der Waals surface area contributed by atoms with Crippen LogP contribution in [-0.2, 0) is 4.74 Å². The molecule has 1 aromatic carbocycles. The molecule has 1 amide bonds. The highest BCUT2D eigenvalue weighted by atomic mass is 16.5. The van der Waals surface area contributed by atoms with Gasteiger partial charge in [-0.2, -0.15) is 0 Å². The Morgan fingerprint density at radius 3 is 2.48 bits per heavy atom. The van der Waals surface area contributed by atoms with Gasteiger partial charge in [-0.3, -0.25) is 4.79 Å². The first-order valence-electron chi connectivity index (χ1n) is 10.4. The normalized spacial score (nSPS) is 13.1. The van der Waals surface area contributed by atoms with Crippen LogP contribution in [0.2, 0.25) is 0 Å². The minimum atomic E-state index is -0.488. The van der Waals surface area contributed by atoms with Gasteiger partial charge in [0.25, 0.3) is 5.91 Å². The molecule has 1 heterocycles. The van der Waals surface area contributed by atoms with Gasteiger partial charge in [0.15, 0.2) is 0 Å². The summed E-state index contributed by atoms with van der Waals surface area (Å²) in [6.07, 6.45) is 8.18. The zero-order valence-corrected chi connectivity index (χ0v) is 18.1. The van der Waals surface area contributed by atoms with Crippen molar-refractivity contribution in [1.29, 1.82) is 0 Å². The number of benzene rings is 1. The second-order valence-electron chi connectivity index (χ2n) is 7.62. The number of hydrogen-bond acceptors (Lipinski definition) is 6. The first kappa shape index (κ1) is 22.3. The van der Waals surface area contributed by atoms with Gasteiger partial charge < -0.3 is 19.5 Å². The third-order valence-electron chi connectivity index (χ3n) is 4.81. The molecule has 0 bridgehead atoms. The van der Waals surface area contributed by atoms with Crippen LogP contribution in [-0.4, -0.2) is 36.7 Å². The van der Waals surface area contributed by atoms with Crippen LogP contribution in [0.3, 0.4) is 0 Å². The summed E-state index contributed by atoms with van der Waals surface area (Å²) in [6, 6.07) is 8.22. The molecule has 0 spiro atoms. The molecule has 1 aliphatic carbocycles. The Hall–Kier alpha value is -3.35. The Bertz CT molecular complexity index is 943. The second kappa shape index (κ2) is 10.6. The summed E-state index contributed by atoms with van der Waals surface area (Å²) in [5.41, 5.74) is 2.12. The molecule has 1 N–H and O–H groups in total. The van der Waals surface area contributed by atoms with Crippen LogP contribution in [0.4, 0.5) is 5.82 Å². The quantitative estimate of drug-likeness (QED) is 0.484. The Kier molecular flexibility index (Phi) is 7.65. The van der Waals surface area contributed by atoms with Gasteiger partial charge in [-0.05, 0) is 69.9 Å². The fourth-order valence-corrected chi connectivity index (χ4v) is 3.31. The monoisotopic (exact) mass is 424 g/mol. The maximum atomic E-state index is 12.8. The van der Waals surface area contributed by atoms with Gasteiger partial charge in [0.2, 0.25) is 0 Å². The Morgan fingerprint density at radius 2 is 1.84 bits per heavy atom. The molecule has 0 radical (unpaired) electrons. The minimum Gasteiger partial charge on any atom is -0.491 e. The number of nitrogens with zero attached hydrogens (tertiary/aromatic N) is 1. The first-order valence-corrected chi connectivity index (χ1v) is 10.4. The number of carbonyl (C=O) groups is 2. The summed E-state index contributed by atoms with van der Waals surface area (Å²) in [5, 5.41) is 2.73. The van der Waals surface area contributed by atoms with Crippen LogP contribution in [0.15, 0.2) is 48.2 Å². The SMILES string of the molecule is COC(=O)c1ccc(NC(=O)c2cc(OCC=C3CCCC3)cc(OC(C)C)c2)nc1. The fourth-order valence-electron chi connectivity index (χ4n) is 3.31. The van der Waals surface area contributed by atoms with Gasteiger partial charge in [0, 0.05) is 17.8 Å². The first-order chi connectivity index (χ1) is 14.9. The number of aromatic nitrogens is 1. The van der Waals surface area contributed by atoms with Gasteiger partial charge in [-0.1, -0.05) is 5.57 Å². The van der Waals surface area contributed by atoms with E-state index in [-0.39, 0.29) is 12.0 Å². The van der Waals surface area contributed by atoms with Crippen molar-refractivity contribution in [3.63, 3.8) is 0 Å². The van der Waals surface area contributed by atoms with Gasteiger partial charge >= 0.3 is 5.97 Å².